The molecular formula is C19H30N2O4. The lowest BCUT2D eigenvalue weighted by molar-refractivity contribution is 0.0411. The second-order valence-electron chi connectivity index (χ2n) is 7.83. The van der Waals surface area contributed by atoms with Gasteiger partial charge >= 0.3 is 6.09 Å². The first-order valence-corrected chi connectivity index (χ1v) is 8.96. The number of furan rings is 1. The molecule has 2 rings (SSSR count). The van der Waals surface area contributed by atoms with Crippen molar-refractivity contribution in [3.63, 3.8) is 0 Å². The predicted molar refractivity (Wildman–Crippen MR) is 95.6 cm³/mol. The van der Waals surface area contributed by atoms with Crippen molar-refractivity contribution in [3.05, 3.63) is 23.2 Å². The molecule has 1 saturated heterocycles. The summed E-state index contributed by atoms with van der Waals surface area (Å²) in [5.74, 6) is 1.29. The van der Waals surface area contributed by atoms with Crippen LogP contribution in [-0.4, -0.2) is 41.6 Å². The predicted octanol–water partition coefficient (Wildman–Crippen LogP) is 3.66. The molecule has 1 aromatic heterocycles. The summed E-state index contributed by atoms with van der Waals surface area (Å²) in [6.07, 6.45) is 1.19. The molecule has 1 N–H and O–H groups in total. The molecule has 25 heavy (non-hydrogen) atoms. The first kappa shape index (κ1) is 19.3. The maximum Gasteiger partial charge on any atom is 0.407 e. The number of hydrogen-bond donors (Lipinski definition) is 1. The number of alkyl carbamates (subject to hydrolysis) is 1. The molecule has 1 aliphatic heterocycles. The fraction of sp³-hybridized carbons (Fsp3) is 0.684. The summed E-state index contributed by atoms with van der Waals surface area (Å²) in [4.78, 5) is 26.6. The molecule has 0 unspecified atom stereocenters. The van der Waals surface area contributed by atoms with Crippen LogP contribution < -0.4 is 5.32 Å². The number of likely N-dealkylation sites (tertiary alicyclic amines) is 1. The maximum absolute atomic E-state index is 12.7. The van der Waals surface area contributed by atoms with Gasteiger partial charge in [-0.05, 0) is 59.4 Å². The summed E-state index contributed by atoms with van der Waals surface area (Å²) in [5.41, 5.74) is 0.349. The molecule has 2 amide bonds. The zero-order valence-electron chi connectivity index (χ0n) is 16.1. The molecule has 140 valence electrons. The molecule has 0 bridgehead atoms. The second kappa shape index (κ2) is 7.50. The molecule has 0 radical (unpaired) electrons. The van der Waals surface area contributed by atoms with E-state index in [1.165, 1.54) is 0 Å². The molecule has 6 heteroatoms. The van der Waals surface area contributed by atoms with Gasteiger partial charge in [-0.2, -0.15) is 0 Å². The zero-order chi connectivity index (χ0) is 18.8. The molecule has 0 aromatic carbocycles. The Labute approximate surface area is 149 Å². The van der Waals surface area contributed by atoms with Crippen LogP contribution in [0.1, 0.15) is 62.4 Å². The number of amides is 2. The van der Waals surface area contributed by atoms with Crippen molar-refractivity contribution < 1.29 is 18.7 Å². The molecule has 2 heterocycles. The Kier molecular flexibility index (Phi) is 5.80. The van der Waals surface area contributed by atoms with E-state index in [2.05, 4.69) is 12.2 Å². The smallest absolute Gasteiger partial charge is 0.407 e. The number of hydrogen-bond acceptors (Lipinski definition) is 4. The van der Waals surface area contributed by atoms with E-state index in [1.807, 2.05) is 45.6 Å². The van der Waals surface area contributed by atoms with Crippen LogP contribution in [0, 0.1) is 19.8 Å². The van der Waals surface area contributed by atoms with E-state index in [9.17, 15) is 9.59 Å². The highest BCUT2D eigenvalue weighted by Gasteiger charge is 2.34. The van der Waals surface area contributed by atoms with Gasteiger partial charge < -0.3 is 19.4 Å². The van der Waals surface area contributed by atoms with Gasteiger partial charge in [-0.3, -0.25) is 4.79 Å². The number of nitrogens with zero attached hydrogens (tertiary/aromatic N) is 1. The van der Waals surface area contributed by atoms with Gasteiger partial charge in [0.05, 0.1) is 0 Å². The van der Waals surface area contributed by atoms with Crippen molar-refractivity contribution in [3.8, 4) is 0 Å². The Morgan fingerprint density at radius 1 is 1.36 bits per heavy atom. The van der Waals surface area contributed by atoms with Gasteiger partial charge in [-0.15, -0.1) is 0 Å². The Morgan fingerprint density at radius 2 is 2.04 bits per heavy atom. The number of nitrogens with one attached hydrogen (secondary N) is 1. The molecule has 1 fully saturated rings. The third kappa shape index (κ3) is 5.00. The van der Waals surface area contributed by atoms with E-state index >= 15 is 0 Å². The molecule has 2 atom stereocenters. The van der Waals surface area contributed by atoms with Gasteiger partial charge in [0.25, 0.3) is 5.91 Å². The summed E-state index contributed by atoms with van der Waals surface area (Å²) in [6.45, 7) is 12.5. The minimum absolute atomic E-state index is 0.0170. The standard InChI is InChI=1S/C19H30N2O4/c1-7-14-11-21(17(22)16-12(2)10-13(3)24-16)9-8-15(14)20-18(23)25-19(4,5)6/h10,14-15H,7-9,11H2,1-6H3,(H,20,23)/t14-,15-/m0/s1. The monoisotopic (exact) mass is 350 g/mol. The minimum Gasteiger partial charge on any atom is -0.456 e. The first-order valence-electron chi connectivity index (χ1n) is 8.96. The van der Waals surface area contributed by atoms with Gasteiger partial charge in [-0.25, -0.2) is 4.79 Å². The summed E-state index contributed by atoms with van der Waals surface area (Å²) in [6, 6.07) is 1.89. The number of carbonyl (C=O) groups excluding carboxylic acids is 2. The normalized spacial score (nSPS) is 21.1. The number of carbonyl (C=O) groups is 2. The first-order chi connectivity index (χ1) is 11.6. The lowest BCUT2D eigenvalue weighted by atomic mass is 9.90. The van der Waals surface area contributed by atoms with Crippen molar-refractivity contribution in [1.82, 2.24) is 10.2 Å². The van der Waals surface area contributed by atoms with Crippen molar-refractivity contribution in [1.29, 1.82) is 0 Å². The van der Waals surface area contributed by atoms with Crippen molar-refractivity contribution in [2.75, 3.05) is 13.1 Å². The maximum atomic E-state index is 12.7. The van der Waals surface area contributed by atoms with Crippen LogP contribution in [0.25, 0.3) is 0 Å². The summed E-state index contributed by atoms with van der Waals surface area (Å²) < 4.78 is 10.9. The van der Waals surface area contributed by atoms with Gasteiger partial charge in [0, 0.05) is 24.7 Å². The quantitative estimate of drug-likeness (QED) is 0.903. The number of rotatable bonds is 3. The third-order valence-electron chi connectivity index (χ3n) is 4.48. The summed E-state index contributed by atoms with van der Waals surface area (Å²) in [5, 5.41) is 2.97. The van der Waals surface area contributed by atoms with Crippen molar-refractivity contribution in [2.45, 2.75) is 66.0 Å². The third-order valence-corrected chi connectivity index (χ3v) is 4.48. The Morgan fingerprint density at radius 3 is 2.56 bits per heavy atom. The Bertz CT molecular complexity index is 630. The minimum atomic E-state index is -0.517. The Balaban J connectivity index is 2.00. The van der Waals surface area contributed by atoms with Crippen molar-refractivity contribution in [2.24, 2.45) is 5.92 Å². The topological polar surface area (TPSA) is 71.8 Å². The average molecular weight is 350 g/mol. The largest absolute Gasteiger partial charge is 0.456 e. The van der Waals surface area contributed by atoms with Gasteiger partial charge in [0.15, 0.2) is 5.76 Å². The lowest BCUT2D eigenvalue weighted by Gasteiger charge is -2.38. The zero-order valence-corrected chi connectivity index (χ0v) is 16.1. The fourth-order valence-corrected chi connectivity index (χ4v) is 3.28. The molecule has 6 nitrogen and oxygen atoms in total. The number of piperidine rings is 1. The van der Waals surface area contributed by atoms with Gasteiger partial charge in [0.2, 0.25) is 0 Å². The summed E-state index contributed by atoms with van der Waals surface area (Å²) in [7, 11) is 0. The molecule has 0 spiro atoms. The van der Waals surface area contributed by atoms with E-state index in [0.29, 0.717) is 25.3 Å². The van der Waals surface area contributed by atoms with E-state index in [0.717, 1.165) is 17.7 Å². The lowest BCUT2D eigenvalue weighted by Crippen LogP contribution is -2.53. The van der Waals surface area contributed by atoms with Crippen molar-refractivity contribution >= 4 is 12.0 Å². The highest BCUT2D eigenvalue weighted by molar-refractivity contribution is 5.93. The van der Waals surface area contributed by atoms with Crippen LogP contribution >= 0.6 is 0 Å². The molecule has 1 aromatic rings. The number of aryl methyl sites for hydroxylation is 2. The average Bonchev–Trinajstić information content (AvgIpc) is 2.83. The van der Waals surface area contributed by atoms with E-state index in [1.54, 1.807) is 0 Å². The van der Waals surface area contributed by atoms with E-state index in [4.69, 9.17) is 9.15 Å². The number of ether oxygens (including phenoxy) is 1. The fourth-order valence-electron chi connectivity index (χ4n) is 3.28. The van der Waals surface area contributed by atoms with Crippen LogP contribution in [0.4, 0.5) is 4.79 Å². The van der Waals surface area contributed by atoms with E-state index in [-0.39, 0.29) is 17.9 Å². The van der Waals surface area contributed by atoms with E-state index < -0.39 is 11.7 Å². The molecule has 0 aliphatic carbocycles. The second-order valence-corrected chi connectivity index (χ2v) is 7.83. The van der Waals surface area contributed by atoms with Crippen LogP contribution in [0.5, 0.6) is 0 Å². The van der Waals surface area contributed by atoms with Crippen LogP contribution in [0.3, 0.4) is 0 Å². The van der Waals surface area contributed by atoms with Crippen LogP contribution in [0.15, 0.2) is 10.5 Å². The highest BCUT2D eigenvalue weighted by atomic mass is 16.6. The van der Waals surface area contributed by atoms with Gasteiger partial charge in [0.1, 0.15) is 11.4 Å². The highest BCUT2D eigenvalue weighted by Crippen LogP contribution is 2.24. The summed E-state index contributed by atoms with van der Waals surface area (Å²) >= 11 is 0. The Hall–Kier alpha value is -1.98. The van der Waals surface area contributed by atoms with Crippen LogP contribution in [-0.2, 0) is 4.74 Å². The SMILES string of the molecule is CC[C@H]1CN(C(=O)c2oc(C)cc2C)CC[C@@H]1NC(=O)OC(C)(C)C. The van der Waals surface area contributed by atoms with Crippen LogP contribution in [0.2, 0.25) is 0 Å². The molecule has 0 saturated carbocycles. The van der Waals surface area contributed by atoms with Gasteiger partial charge in [-0.1, -0.05) is 6.92 Å². The molecule has 1 aliphatic rings. The molecular weight excluding hydrogens is 320 g/mol.